The highest BCUT2D eigenvalue weighted by atomic mass is 32.2. The van der Waals surface area contributed by atoms with Crippen molar-refractivity contribution in [3.05, 3.63) is 59.7 Å². The third kappa shape index (κ3) is 4.26. The predicted molar refractivity (Wildman–Crippen MR) is 95.6 cm³/mol. The molecule has 0 bridgehead atoms. The molecule has 0 heterocycles. The number of hydrogen-bond acceptors (Lipinski definition) is 5. The maximum Gasteiger partial charge on any atom is 0.240 e. The van der Waals surface area contributed by atoms with Crippen molar-refractivity contribution in [2.45, 2.75) is 4.90 Å². The van der Waals surface area contributed by atoms with E-state index in [9.17, 15) is 13.2 Å². The zero-order valence-electron chi connectivity index (χ0n) is 14.1. The first kappa shape index (κ1) is 18.7. The Hall–Kier alpha value is -2.64. The van der Waals surface area contributed by atoms with Gasteiger partial charge in [-0.25, -0.2) is 13.1 Å². The minimum absolute atomic E-state index is 0.102. The van der Waals surface area contributed by atoms with Gasteiger partial charge >= 0.3 is 0 Å². The van der Waals surface area contributed by atoms with E-state index in [0.29, 0.717) is 22.6 Å². The van der Waals surface area contributed by atoms with E-state index in [1.807, 2.05) is 0 Å². The van der Waals surface area contributed by atoms with Crippen LogP contribution < -0.4 is 14.2 Å². The Morgan fingerprint density at radius 3 is 2.28 bits per heavy atom. The summed E-state index contributed by atoms with van der Waals surface area (Å²) >= 11 is 0. The van der Waals surface area contributed by atoms with Gasteiger partial charge in [-0.3, -0.25) is 4.79 Å². The van der Waals surface area contributed by atoms with E-state index in [2.05, 4.69) is 4.72 Å². The van der Waals surface area contributed by atoms with Gasteiger partial charge in [-0.2, -0.15) is 0 Å². The molecule has 0 radical (unpaired) electrons. The van der Waals surface area contributed by atoms with Gasteiger partial charge in [0.2, 0.25) is 10.0 Å². The van der Waals surface area contributed by atoms with E-state index < -0.39 is 10.0 Å². The Balaban J connectivity index is 2.24. The van der Waals surface area contributed by atoms with Crippen molar-refractivity contribution in [3.63, 3.8) is 0 Å². The molecule has 0 aromatic heterocycles. The number of rotatable bonds is 7. The van der Waals surface area contributed by atoms with Crippen LogP contribution in [0.1, 0.15) is 15.9 Å². The summed E-state index contributed by atoms with van der Waals surface area (Å²) < 4.78 is 36.1. The molecule has 0 aliphatic heterocycles. The molecule has 0 amide bonds. The summed E-state index contributed by atoms with van der Waals surface area (Å²) in [5.74, 6) is 0.849. The molecule has 2 rings (SSSR count). The summed E-state index contributed by atoms with van der Waals surface area (Å²) in [6, 6.07) is 11.1. The number of allylic oxidation sites excluding steroid dienone is 1. The highest BCUT2D eigenvalue weighted by Crippen LogP contribution is 2.31. The van der Waals surface area contributed by atoms with Crippen LogP contribution in [0.4, 0.5) is 0 Å². The fraction of sp³-hybridized carbons (Fsp3) is 0.167. The highest BCUT2D eigenvalue weighted by molar-refractivity contribution is 7.89. The van der Waals surface area contributed by atoms with Crippen LogP contribution >= 0.6 is 0 Å². The number of benzene rings is 2. The Bertz CT molecular complexity index is 886. The fourth-order valence-electron chi connectivity index (χ4n) is 2.22. The van der Waals surface area contributed by atoms with Gasteiger partial charge < -0.3 is 9.47 Å². The largest absolute Gasteiger partial charge is 0.493 e. The van der Waals surface area contributed by atoms with E-state index in [-0.39, 0.29) is 10.7 Å². The molecule has 1 N–H and O–H groups in total. The average molecular weight is 361 g/mol. The molecule has 0 aliphatic rings. The summed E-state index contributed by atoms with van der Waals surface area (Å²) in [6.45, 7) is 0. The third-order valence-electron chi connectivity index (χ3n) is 3.57. The monoisotopic (exact) mass is 361 g/mol. The lowest BCUT2D eigenvalue weighted by molar-refractivity contribution is 0.104. The van der Waals surface area contributed by atoms with Gasteiger partial charge in [-0.15, -0.1) is 0 Å². The molecule has 7 heteroatoms. The first-order valence-electron chi connectivity index (χ1n) is 7.40. The van der Waals surface area contributed by atoms with Crippen LogP contribution in [0.25, 0.3) is 6.08 Å². The molecule has 132 valence electrons. The van der Waals surface area contributed by atoms with Crippen LogP contribution in [0.3, 0.4) is 0 Å². The second-order valence-electron chi connectivity index (χ2n) is 5.01. The summed E-state index contributed by atoms with van der Waals surface area (Å²) in [6.07, 6.45) is 3.03. The second-order valence-corrected chi connectivity index (χ2v) is 6.90. The summed E-state index contributed by atoms with van der Waals surface area (Å²) in [5.41, 5.74) is 1.08. The smallest absolute Gasteiger partial charge is 0.240 e. The number of carbonyl (C=O) groups is 1. The number of para-hydroxylation sites is 1. The lowest BCUT2D eigenvalue weighted by Gasteiger charge is -2.09. The predicted octanol–water partition coefficient (Wildman–Crippen LogP) is 2.51. The lowest BCUT2D eigenvalue weighted by atomic mass is 10.1. The van der Waals surface area contributed by atoms with Gasteiger partial charge in [0.25, 0.3) is 0 Å². The van der Waals surface area contributed by atoms with E-state index >= 15 is 0 Å². The zero-order valence-corrected chi connectivity index (χ0v) is 15.0. The standard InChI is InChI=1S/C18H19NO5S/c1-19-25(21,22)15-10-7-13(8-11-15)16(20)12-9-14-5-4-6-17(23-2)18(14)24-3/h4-12,19H,1-3H3/b12-9+. The van der Waals surface area contributed by atoms with Crippen LogP contribution in [-0.4, -0.2) is 35.5 Å². The number of hydrogen-bond donors (Lipinski definition) is 1. The van der Waals surface area contributed by atoms with Gasteiger partial charge in [0, 0.05) is 11.1 Å². The number of carbonyl (C=O) groups excluding carboxylic acids is 1. The Kier molecular flexibility index (Phi) is 5.95. The maximum absolute atomic E-state index is 12.3. The lowest BCUT2D eigenvalue weighted by Crippen LogP contribution is -2.18. The van der Waals surface area contributed by atoms with Gasteiger partial charge in [0.1, 0.15) is 0 Å². The SMILES string of the molecule is CNS(=O)(=O)c1ccc(C(=O)/C=C/c2cccc(OC)c2OC)cc1. The quantitative estimate of drug-likeness (QED) is 0.605. The normalized spacial score (nSPS) is 11.5. The Morgan fingerprint density at radius 2 is 1.72 bits per heavy atom. The average Bonchev–Trinajstić information content (AvgIpc) is 2.65. The summed E-state index contributed by atoms with van der Waals surface area (Å²) in [5, 5.41) is 0. The van der Waals surface area contributed by atoms with Crippen molar-refractivity contribution in [2.75, 3.05) is 21.3 Å². The van der Waals surface area contributed by atoms with Crippen molar-refractivity contribution in [2.24, 2.45) is 0 Å². The first-order valence-corrected chi connectivity index (χ1v) is 8.88. The number of ketones is 1. The molecule has 2 aromatic rings. The molecule has 0 aliphatic carbocycles. The van der Waals surface area contributed by atoms with E-state index in [1.54, 1.807) is 24.3 Å². The number of methoxy groups -OCH3 is 2. The van der Waals surface area contributed by atoms with Crippen molar-refractivity contribution < 1.29 is 22.7 Å². The molecular weight excluding hydrogens is 342 g/mol. The van der Waals surface area contributed by atoms with Crippen LogP contribution in [0.15, 0.2) is 53.4 Å². The van der Waals surface area contributed by atoms with Crippen LogP contribution in [0.5, 0.6) is 11.5 Å². The van der Waals surface area contributed by atoms with E-state index in [0.717, 1.165) is 0 Å². The van der Waals surface area contributed by atoms with Crippen molar-refractivity contribution >= 4 is 21.9 Å². The topological polar surface area (TPSA) is 81.7 Å². The van der Waals surface area contributed by atoms with Gasteiger partial charge in [0.15, 0.2) is 17.3 Å². The summed E-state index contributed by atoms with van der Waals surface area (Å²) in [4.78, 5) is 12.4. The minimum Gasteiger partial charge on any atom is -0.493 e. The Morgan fingerprint density at radius 1 is 1.04 bits per heavy atom. The molecule has 0 unspecified atom stereocenters. The molecule has 0 fully saturated rings. The molecule has 2 aromatic carbocycles. The summed E-state index contributed by atoms with van der Waals surface area (Å²) in [7, 11) is 0.874. The molecule has 25 heavy (non-hydrogen) atoms. The first-order chi connectivity index (χ1) is 11.9. The maximum atomic E-state index is 12.3. The number of sulfonamides is 1. The van der Waals surface area contributed by atoms with Crippen molar-refractivity contribution in [1.82, 2.24) is 4.72 Å². The van der Waals surface area contributed by atoms with Gasteiger partial charge in [-0.1, -0.05) is 12.1 Å². The van der Waals surface area contributed by atoms with Gasteiger partial charge in [0.05, 0.1) is 19.1 Å². The minimum atomic E-state index is -3.52. The second kappa shape index (κ2) is 7.96. The molecule has 0 spiro atoms. The molecule has 0 atom stereocenters. The van der Waals surface area contributed by atoms with Crippen LogP contribution in [-0.2, 0) is 10.0 Å². The van der Waals surface area contributed by atoms with E-state index in [4.69, 9.17) is 9.47 Å². The third-order valence-corrected chi connectivity index (χ3v) is 5.00. The Labute approximate surface area is 147 Å². The fourth-order valence-corrected chi connectivity index (χ4v) is 2.95. The molecular formula is C18H19NO5S. The zero-order chi connectivity index (χ0) is 18.4. The van der Waals surface area contributed by atoms with E-state index in [1.165, 1.54) is 51.6 Å². The number of ether oxygens (including phenoxy) is 2. The van der Waals surface area contributed by atoms with Gasteiger partial charge in [-0.05, 0) is 49.5 Å². The van der Waals surface area contributed by atoms with Crippen molar-refractivity contribution in [1.29, 1.82) is 0 Å². The van der Waals surface area contributed by atoms with Crippen molar-refractivity contribution in [3.8, 4) is 11.5 Å². The molecule has 6 nitrogen and oxygen atoms in total. The van der Waals surface area contributed by atoms with Crippen LogP contribution in [0, 0.1) is 0 Å². The molecule has 0 saturated heterocycles. The number of nitrogens with one attached hydrogen (secondary N) is 1. The molecule has 0 saturated carbocycles. The van der Waals surface area contributed by atoms with Crippen LogP contribution in [0.2, 0.25) is 0 Å². The highest BCUT2D eigenvalue weighted by Gasteiger charge is 2.12.